The second kappa shape index (κ2) is 4.29. The number of rotatable bonds is 3. The predicted octanol–water partition coefficient (Wildman–Crippen LogP) is 3.24. The van der Waals surface area contributed by atoms with Crippen LogP contribution in [0.4, 0.5) is 0 Å². The lowest BCUT2D eigenvalue weighted by Gasteiger charge is -2.02. The summed E-state index contributed by atoms with van der Waals surface area (Å²) in [4.78, 5) is 0. The molecule has 2 rings (SSSR count). The van der Waals surface area contributed by atoms with Gasteiger partial charge in [-0.3, -0.25) is 0 Å². The Morgan fingerprint density at radius 1 is 1.07 bits per heavy atom. The number of phenols is 1. The highest BCUT2D eigenvalue weighted by Crippen LogP contribution is 2.18. The Kier molecular flexibility index (Phi) is 2.84. The number of para-hydroxylation sites is 1. The van der Waals surface area contributed by atoms with E-state index in [4.69, 9.17) is 0 Å². The second-order valence-corrected chi connectivity index (χ2v) is 4.04. The lowest BCUT2D eigenvalue weighted by molar-refractivity contribution is 0.468. The normalized spacial score (nSPS) is 10.3. The molecule has 0 saturated carbocycles. The molecule has 0 fully saturated rings. The number of hydrogen-bond acceptors (Lipinski definition) is 2. The highest BCUT2D eigenvalue weighted by molar-refractivity contribution is 7.07. The first-order valence-electron chi connectivity index (χ1n) is 4.64. The summed E-state index contributed by atoms with van der Waals surface area (Å²) >= 11 is 1.72. The van der Waals surface area contributed by atoms with Crippen LogP contribution in [-0.4, -0.2) is 5.11 Å². The Bertz CT molecular complexity index is 392. The Labute approximate surface area is 87.7 Å². The van der Waals surface area contributed by atoms with E-state index in [0.29, 0.717) is 5.75 Å². The molecule has 1 N–H and O–H groups in total. The first-order chi connectivity index (χ1) is 6.86. The van der Waals surface area contributed by atoms with Crippen molar-refractivity contribution < 1.29 is 5.11 Å². The molecule has 0 unspecified atom stereocenters. The molecule has 1 nitrogen and oxygen atoms in total. The van der Waals surface area contributed by atoms with Gasteiger partial charge in [0.15, 0.2) is 0 Å². The topological polar surface area (TPSA) is 20.2 Å². The molecular weight excluding hydrogens is 192 g/mol. The number of aromatic hydroxyl groups is 1. The van der Waals surface area contributed by atoms with Crippen LogP contribution in [0.15, 0.2) is 41.1 Å². The van der Waals surface area contributed by atoms with Crippen molar-refractivity contribution in [2.75, 3.05) is 0 Å². The first-order valence-corrected chi connectivity index (χ1v) is 5.58. The summed E-state index contributed by atoms with van der Waals surface area (Å²) < 4.78 is 0. The van der Waals surface area contributed by atoms with Crippen LogP contribution in [0.3, 0.4) is 0 Å². The Balaban J connectivity index is 2.02. The lowest BCUT2D eigenvalue weighted by Crippen LogP contribution is -1.89. The number of phenolic OH excluding ortho intramolecular Hbond substituents is 1. The van der Waals surface area contributed by atoms with Gasteiger partial charge in [0, 0.05) is 0 Å². The average Bonchev–Trinajstić information content (AvgIpc) is 2.69. The van der Waals surface area contributed by atoms with Crippen molar-refractivity contribution in [2.45, 2.75) is 12.8 Å². The summed E-state index contributed by atoms with van der Waals surface area (Å²) in [6.45, 7) is 0. The number of hydrogen-bond donors (Lipinski definition) is 1. The zero-order chi connectivity index (χ0) is 9.80. The van der Waals surface area contributed by atoms with E-state index in [1.54, 1.807) is 17.4 Å². The molecule has 1 aromatic carbocycles. The molecule has 0 amide bonds. The maximum Gasteiger partial charge on any atom is 0.118 e. The molecule has 0 saturated heterocycles. The SMILES string of the molecule is Oc1ccccc1CCc1ccsc1. The molecular formula is C12H12OS. The van der Waals surface area contributed by atoms with Crippen LogP contribution >= 0.6 is 11.3 Å². The van der Waals surface area contributed by atoms with Crippen molar-refractivity contribution in [2.24, 2.45) is 0 Å². The summed E-state index contributed by atoms with van der Waals surface area (Å²) in [6.07, 6.45) is 1.91. The maximum atomic E-state index is 9.54. The molecule has 1 aromatic heterocycles. The Hall–Kier alpha value is -1.28. The monoisotopic (exact) mass is 204 g/mol. The van der Waals surface area contributed by atoms with Gasteiger partial charge in [-0.1, -0.05) is 18.2 Å². The number of benzene rings is 1. The highest BCUT2D eigenvalue weighted by atomic mass is 32.1. The van der Waals surface area contributed by atoms with Crippen molar-refractivity contribution in [3.8, 4) is 5.75 Å². The van der Waals surface area contributed by atoms with E-state index in [9.17, 15) is 5.11 Å². The summed E-state index contributed by atoms with van der Waals surface area (Å²) in [5, 5.41) is 13.8. The molecule has 2 heteroatoms. The molecule has 14 heavy (non-hydrogen) atoms. The van der Waals surface area contributed by atoms with Gasteiger partial charge in [-0.15, -0.1) is 0 Å². The standard InChI is InChI=1S/C12H12OS/c13-12-4-2-1-3-11(12)6-5-10-7-8-14-9-10/h1-4,7-9,13H,5-6H2. The van der Waals surface area contributed by atoms with Gasteiger partial charge in [-0.05, 0) is 46.9 Å². The van der Waals surface area contributed by atoms with Gasteiger partial charge in [0.25, 0.3) is 0 Å². The fourth-order valence-corrected chi connectivity index (χ4v) is 2.14. The van der Waals surface area contributed by atoms with E-state index in [2.05, 4.69) is 16.8 Å². The minimum atomic E-state index is 0.405. The van der Waals surface area contributed by atoms with Crippen LogP contribution in [0.5, 0.6) is 5.75 Å². The third-order valence-electron chi connectivity index (χ3n) is 2.25. The van der Waals surface area contributed by atoms with Gasteiger partial charge in [-0.2, -0.15) is 11.3 Å². The van der Waals surface area contributed by atoms with E-state index in [1.165, 1.54) is 5.56 Å². The third kappa shape index (κ3) is 2.15. The summed E-state index contributed by atoms with van der Waals surface area (Å²) in [5.41, 5.74) is 2.37. The third-order valence-corrected chi connectivity index (χ3v) is 2.99. The van der Waals surface area contributed by atoms with Crippen LogP contribution in [-0.2, 0) is 12.8 Å². The summed E-state index contributed by atoms with van der Waals surface area (Å²) in [7, 11) is 0. The molecule has 0 atom stereocenters. The van der Waals surface area contributed by atoms with Crippen molar-refractivity contribution in [3.63, 3.8) is 0 Å². The van der Waals surface area contributed by atoms with Crippen LogP contribution in [0.2, 0.25) is 0 Å². The minimum Gasteiger partial charge on any atom is -0.508 e. The van der Waals surface area contributed by atoms with Gasteiger partial charge in [-0.25, -0.2) is 0 Å². The Morgan fingerprint density at radius 2 is 1.93 bits per heavy atom. The largest absolute Gasteiger partial charge is 0.508 e. The first kappa shape index (κ1) is 9.28. The fraction of sp³-hybridized carbons (Fsp3) is 0.167. The van der Waals surface area contributed by atoms with E-state index in [1.807, 2.05) is 18.2 Å². The van der Waals surface area contributed by atoms with E-state index >= 15 is 0 Å². The van der Waals surface area contributed by atoms with Gasteiger partial charge >= 0.3 is 0 Å². The second-order valence-electron chi connectivity index (χ2n) is 3.26. The van der Waals surface area contributed by atoms with Gasteiger partial charge in [0.1, 0.15) is 5.75 Å². The number of thiophene rings is 1. The lowest BCUT2D eigenvalue weighted by atomic mass is 10.1. The van der Waals surface area contributed by atoms with Gasteiger partial charge in [0.2, 0.25) is 0 Å². The molecule has 72 valence electrons. The van der Waals surface area contributed by atoms with E-state index in [0.717, 1.165) is 18.4 Å². The van der Waals surface area contributed by atoms with Crippen LogP contribution in [0, 0.1) is 0 Å². The van der Waals surface area contributed by atoms with Crippen molar-refractivity contribution in [1.82, 2.24) is 0 Å². The molecule has 0 spiro atoms. The zero-order valence-electron chi connectivity index (χ0n) is 7.81. The number of aryl methyl sites for hydroxylation is 2. The summed E-state index contributed by atoms with van der Waals surface area (Å²) in [6, 6.07) is 9.65. The molecule has 0 radical (unpaired) electrons. The molecule has 0 aliphatic carbocycles. The zero-order valence-corrected chi connectivity index (χ0v) is 8.63. The van der Waals surface area contributed by atoms with E-state index < -0.39 is 0 Å². The fourth-order valence-electron chi connectivity index (χ4n) is 1.44. The van der Waals surface area contributed by atoms with Crippen LogP contribution in [0.1, 0.15) is 11.1 Å². The van der Waals surface area contributed by atoms with E-state index in [-0.39, 0.29) is 0 Å². The Morgan fingerprint density at radius 3 is 2.64 bits per heavy atom. The smallest absolute Gasteiger partial charge is 0.118 e. The van der Waals surface area contributed by atoms with Gasteiger partial charge < -0.3 is 5.11 Å². The quantitative estimate of drug-likeness (QED) is 0.813. The van der Waals surface area contributed by atoms with Gasteiger partial charge in [0.05, 0.1) is 0 Å². The van der Waals surface area contributed by atoms with Crippen molar-refractivity contribution in [3.05, 3.63) is 52.2 Å². The van der Waals surface area contributed by atoms with Crippen LogP contribution < -0.4 is 0 Å². The average molecular weight is 204 g/mol. The van der Waals surface area contributed by atoms with Crippen molar-refractivity contribution >= 4 is 11.3 Å². The maximum absolute atomic E-state index is 9.54. The summed E-state index contributed by atoms with van der Waals surface area (Å²) in [5.74, 6) is 0.405. The van der Waals surface area contributed by atoms with Crippen LogP contribution in [0.25, 0.3) is 0 Å². The molecule has 0 bridgehead atoms. The highest BCUT2D eigenvalue weighted by Gasteiger charge is 2.00. The minimum absolute atomic E-state index is 0.405. The predicted molar refractivity (Wildman–Crippen MR) is 59.8 cm³/mol. The van der Waals surface area contributed by atoms with Crippen molar-refractivity contribution in [1.29, 1.82) is 0 Å². The molecule has 0 aliphatic rings. The molecule has 2 aromatic rings. The molecule has 0 aliphatic heterocycles. The molecule has 1 heterocycles.